The van der Waals surface area contributed by atoms with E-state index in [1.807, 2.05) is 26.1 Å². The molecule has 0 fully saturated rings. The van der Waals surface area contributed by atoms with E-state index in [2.05, 4.69) is 4.90 Å². The highest BCUT2D eigenvalue weighted by Crippen LogP contribution is 2.16. The highest BCUT2D eigenvalue weighted by atomic mass is 16.4. The summed E-state index contributed by atoms with van der Waals surface area (Å²) in [6.45, 7) is 3.73. The summed E-state index contributed by atoms with van der Waals surface area (Å²) in [6, 6.07) is 3.98. The van der Waals surface area contributed by atoms with Crippen LogP contribution in [0.2, 0.25) is 0 Å². The Morgan fingerprint density at radius 1 is 1.38 bits per heavy atom. The number of hydrogen-bond acceptors (Lipinski definition) is 3. The molecule has 0 spiro atoms. The summed E-state index contributed by atoms with van der Waals surface area (Å²) in [4.78, 5) is 2.11. The van der Waals surface area contributed by atoms with Crippen LogP contribution in [0.4, 0.5) is 5.88 Å². The van der Waals surface area contributed by atoms with Crippen molar-refractivity contribution in [2.24, 2.45) is 5.73 Å². The topological polar surface area (TPSA) is 42.4 Å². The normalized spacial score (nSPS) is 10.4. The number of nitrogens with zero attached hydrogens (tertiary/aromatic N) is 1. The molecule has 1 aromatic rings. The summed E-state index contributed by atoms with van der Waals surface area (Å²) in [7, 11) is 2.04. The van der Waals surface area contributed by atoms with Crippen LogP contribution in [-0.4, -0.2) is 20.1 Å². The monoisotopic (exact) mass is 182 g/mol. The zero-order valence-corrected chi connectivity index (χ0v) is 8.42. The van der Waals surface area contributed by atoms with Crippen LogP contribution in [0.25, 0.3) is 0 Å². The number of nitrogens with two attached hydrogens (primary N) is 1. The largest absolute Gasteiger partial charge is 0.446 e. The van der Waals surface area contributed by atoms with Gasteiger partial charge in [-0.05, 0) is 32.4 Å². The van der Waals surface area contributed by atoms with E-state index in [0.717, 1.165) is 37.6 Å². The molecule has 1 aromatic heterocycles. The summed E-state index contributed by atoms with van der Waals surface area (Å²) in [6.07, 6.45) is 2.19. The third kappa shape index (κ3) is 3.11. The quantitative estimate of drug-likeness (QED) is 0.706. The predicted octanol–water partition coefficient (Wildman–Crippen LogP) is 1.76. The molecule has 0 aliphatic carbocycles. The lowest BCUT2D eigenvalue weighted by Gasteiger charge is -2.15. The molecule has 13 heavy (non-hydrogen) atoms. The Bertz CT molecular complexity index is 245. The van der Waals surface area contributed by atoms with E-state index in [4.69, 9.17) is 10.2 Å². The maximum atomic E-state index is 5.47. The number of aryl methyl sites for hydroxylation is 1. The fourth-order valence-corrected chi connectivity index (χ4v) is 1.23. The first kappa shape index (κ1) is 10.1. The molecule has 0 unspecified atom stereocenters. The van der Waals surface area contributed by atoms with E-state index in [9.17, 15) is 0 Å². The maximum Gasteiger partial charge on any atom is 0.195 e. The van der Waals surface area contributed by atoms with Crippen molar-refractivity contribution in [1.82, 2.24) is 0 Å². The van der Waals surface area contributed by atoms with Gasteiger partial charge in [0.25, 0.3) is 0 Å². The van der Waals surface area contributed by atoms with Gasteiger partial charge < -0.3 is 15.1 Å². The van der Waals surface area contributed by atoms with E-state index < -0.39 is 0 Å². The van der Waals surface area contributed by atoms with E-state index in [1.54, 1.807) is 0 Å². The van der Waals surface area contributed by atoms with Crippen molar-refractivity contribution >= 4 is 5.88 Å². The van der Waals surface area contributed by atoms with E-state index >= 15 is 0 Å². The van der Waals surface area contributed by atoms with Crippen molar-refractivity contribution in [1.29, 1.82) is 0 Å². The average Bonchev–Trinajstić information content (AvgIpc) is 2.52. The zero-order valence-electron chi connectivity index (χ0n) is 8.42. The molecule has 0 aliphatic rings. The average molecular weight is 182 g/mol. The van der Waals surface area contributed by atoms with Gasteiger partial charge in [0, 0.05) is 19.7 Å². The van der Waals surface area contributed by atoms with Gasteiger partial charge in [-0.1, -0.05) is 0 Å². The van der Waals surface area contributed by atoms with E-state index in [1.165, 1.54) is 0 Å². The number of unbranched alkanes of at least 4 members (excludes halogenated alkanes) is 1. The molecule has 1 heterocycles. The van der Waals surface area contributed by atoms with Crippen LogP contribution in [0.1, 0.15) is 18.6 Å². The van der Waals surface area contributed by atoms with Crippen molar-refractivity contribution in [2.45, 2.75) is 19.8 Å². The molecule has 0 saturated carbocycles. The SMILES string of the molecule is Cc1ccc(N(C)CCCCN)o1. The van der Waals surface area contributed by atoms with Crippen molar-refractivity contribution in [3.63, 3.8) is 0 Å². The lowest BCUT2D eigenvalue weighted by Crippen LogP contribution is -2.18. The number of furan rings is 1. The van der Waals surface area contributed by atoms with Crippen LogP contribution >= 0.6 is 0 Å². The number of hydrogen-bond donors (Lipinski definition) is 1. The first-order valence-electron chi connectivity index (χ1n) is 4.71. The van der Waals surface area contributed by atoms with Crippen molar-refractivity contribution in [3.8, 4) is 0 Å². The second-order valence-corrected chi connectivity index (χ2v) is 3.30. The first-order chi connectivity index (χ1) is 6.24. The summed E-state index contributed by atoms with van der Waals surface area (Å²) in [5.41, 5.74) is 5.42. The van der Waals surface area contributed by atoms with E-state index in [0.29, 0.717) is 0 Å². The lowest BCUT2D eigenvalue weighted by molar-refractivity contribution is 0.522. The molecule has 2 N–H and O–H groups in total. The first-order valence-corrected chi connectivity index (χ1v) is 4.71. The predicted molar refractivity (Wildman–Crippen MR) is 55.0 cm³/mol. The molecule has 1 rings (SSSR count). The Hall–Kier alpha value is -0.960. The van der Waals surface area contributed by atoms with Crippen LogP contribution < -0.4 is 10.6 Å². The molecule has 3 nitrogen and oxygen atoms in total. The highest BCUT2D eigenvalue weighted by molar-refractivity contribution is 5.34. The van der Waals surface area contributed by atoms with Gasteiger partial charge in [-0.2, -0.15) is 0 Å². The molecule has 0 aromatic carbocycles. The molecule has 0 saturated heterocycles. The Balaban J connectivity index is 2.35. The summed E-state index contributed by atoms with van der Waals surface area (Å²) in [5.74, 6) is 1.90. The van der Waals surface area contributed by atoms with Gasteiger partial charge >= 0.3 is 0 Å². The summed E-state index contributed by atoms with van der Waals surface area (Å²) < 4.78 is 5.47. The molecule has 0 aliphatic heterocycles. The Labute approximate surface area is 79.5 Å². The molecule has 74 valence electrons. The fraction of sp³-hybridized carbons (Fsp3) is 0.600. The number of rotatable bonds is 5. The summed E-state index contributed by atoms with van der Waals surface area (Å²) >= 11 is 0. The van der Waals surface area contributed by atoms with Gasteiger partial charge in [0.15, 0.2) is 5.88 Å². The smallest absolute Gasteiger partial charge is 0.195 e. The molecular formula is C10H18N2O. The maximum absolute atomic E-state index is 5.47. The minimum atomic E-state index is 0.769. The van der Waals surface area contributed by atoms with Gasteiger partial charge in [-0.25, -0.2) is 0 Å². The van der Waals surface area contributed by atoms with Gasteiger partial charge in [0.2, 0.25) is 0 Å². The van der Waals surface area contributed by atoms with Gasteiger partial charge in [-0.3, -0.25) is 0 Å². The molecule has 0 bridgehead atoms. The molecule has 0 radical (unpaired) electrons. The van der Waals surface area contributed by atoms with E-state index in [-0.39, 0.29) is 0 Å². The minimum Gasteiger partial charge on any atom is -0.446 e. The Kier molecular flexibility index (Phi) is 3.83. The molecule has 0 amide bonds. The van der Waals surface area contributed by atoms with Crippen molar-refractivity contribution in [3.05, 3.63) is 17.9 Å². The van der Waals surface area contributed by atoms with Crippen LogP contribution in [0.15, 0.2) is 16.5 Å². The fourth-order valence-electron chi connectivity index (χ4n) is 1.23. The van der Waals surface area contributed by atoms with Crippen LogP contribution in [-0.2, 0) is 0 Å². The van der Waals surface area contributed by atoms with Crippen molar-refractivity contribution < 1.29 is 4.42 Å². The van der Waals surface area contributed by atoms with Crippen LogP contribution in [0.5, 0.6) is 0 Å². The van der Waals surface area contributed by atoms with Gasteiger partial charge in [-0.15, -0.1) is 0 Å². The zero-order chi connectivity index (χ0) is 9.68. The third-order valence-corrected chi connectivity index (χ3v) is 2.05. The Morgan fingerprint density at radius 2 is 2.15 bits per heavy atom. The highest BCUT2D eigenvalue weighted by Gasteiger charge is 2.03. The standard InChI is InChI=1S/C10H18N2O/c1-9-5-6-10(13-9)12(2)8-4-3-7-11/h5-6H,3-4,7-8,11H2,1-2H3. The van der Waals surface area contributed by atoms with Gasteiger partial charge in [0.05, 0.1) is 0 Å². The lowest BCUT2D eigenvalue weighted by atomic mass is 10.3. The minimum absolute atomic E-state index is 0.769. The molecule has 0 atom stereocenters. The molecular weight excluding hydrogens is 164 g/mol. The number of anilines is 1. The Morgan fingerprint density at radius 3 is 2.69 bits per heavy atom. The van der Waals surface area contributed by atoms with Crippen molar-refractivity contribution in [2.75, 3.05) is 25.0 Å². The van der Waals surface area contributed by atoms with Crippen LogP contribution in [0, 0.1) is 6.92 Å². The third-order valence-electron chi connectivity index (χ3n) is 2.05. The second-order valence-electron chi connectivity index (χ2n) is 3.30. The van der Waals surface area contributed by atoms with Crippen LogP contribution in [0.3, 0.4) is 0 Å². The molecule has 3 heteroatoms. The second kappa shape index (κ2) is 4.92. The summed E-state index contributed by atoms with van der Waals surface area (Å²) in [5, 5.41) is 0. The van der Waals surface area contributed by atoms with Gasteiger partial charge in [0.1, 0.15) is 5.76 Å².